The topological polar surface area (TPSA) is 69.7 Å². The van der Waals surface area contributed by atoms with Crippen molar-refractivity contribution < 1.29 is 23.9 Å². The molecule has 0 radical (unpaired) electrons. The van der Waals surface area contributed by atoms with Crippen LogP contribution in [0.25, 0.3) is 0 Å². The summed E-state index contributed by atoms with van der Waals surface area (Å²) in [6.07, 6.45) is 8.37. The maximum atomic E-state index is 12.4. The SMILES string of the molecule is CC(=O)OC1C/C(C)=C/C(=O)C[C@H](C)/C=C/[C@]2(C)CC[C@H](C(C)(C)OC(C)=O)[C@@H]12. The van der Waals surface area contributed by atoms with Crippen LogP contribution in [0, 0.1) is 23.2 Å². The normalized spacial score (nSPS) is 36.2. The molecule has 162 valence electrons. The van der Waals surface area contributed by atoms with Crippen molar-refractivity contribution >= 4 is 17.7 Å². The zero-order valence-electron chi connectivity index (χ0n) is 18.9. The molecule has 0 aliphatic heterocycles. The first-order valence-electron chi connectivity index (χ1n) is 10.6. The number of carbonyl (C=O) groups excluding carboxylic acids is 3. The summed E-state index contributed by atoms with van der Waals surface area (Å²) in [6.45, 7) is 12.9. The second-order valence-electron chi connectivity index (χ2n) is 9.72. The van der Waals surface area contributed by atoms with Gasteiger partial charge in [0.15, 0.2) is 5.78 Å². The molecule has 5 atom stereocenters. The number of hydrogen-bond acceptors (Lipinski definition) is 5. The first-order valence-corrected chi connectivity index (χ1v) is 10.6. The Labute approximate surface area is 174 Å². The third-order valence-electron chi connectivity index (χ3n) is 6.47. The molecule has 1 unspecified atom stereocenters. The van der Waals surface area contributed by atoms with Crippen molar-refractivity contribution in [3.63, 3.8) is 0 Å². The summed E-state index contributed by atoms with van der Waals surface area (Å²) in [5.41, 5.74) is 0.0118. The van der Waals surface area contributed by atoms with Crippen LogP contribution >= 0.6 is 0 Å². The standard InChI is InChI=1S/C24H36O5/c1-15-8-10-24(7)11-9-20(23(5,6)29-18(4)26)22(24)21(28-17(3)25)14-16(2)13-19(27)12-15/h8,10,13,15,20-22H,9,11-12,14H2,1-7H3/b10-8+,16-13+/t15-,20+,21?,22+,24-/m1/s1. The summed E-state index contributed by atoms with van der Waals surface area (Å²) >= 11 is 0. The summed E-state index contributed by atoms with van der Waals surface area (Å²) in [4.78, 5) is 36.1. The minimum Gasteiger partial charge on any atom is -0.462 e. The van der Waals surface area contributed by atoms with E-state index in [-0.39, 0.29) is 47.0 Å². The fraction of sp³-hybridized carbons (Fsp3) is 0.708. The lowest BCUT2D eigenvalue weighted by molar-refractivity contribution is -0.168. The second kappa shape index (κ2) is 8.85. The first kappa shape index (κ1) is 23.4. The van der Waals surface area contributed by atoms with Gasteiger partial charge in [-0.15, -0.1) is 0 Å². The third kappa shape index (κ3) is 5.80. The Morgan fingerprint density at radius 1 is 1.17 bits per heavy atom. The Balaban J connectivity index is 2.56. The van der Waals surface area contributed by atoms with E-state index in [1.807, 2.05) is 27.7 Å². The highest BCUT2D eigenvalue weighted by atomic mass is 16.6. The van der Waals surface area contributed by atoms with Crippen molar-refractivity contribution in [1.82, 2.24) is 0 Å². The first-order chi connectivity index (χ1) is 13.3. The monoisotopic (exact) mass is 404 g/mol. The lowest BCUT2D eigenvalue weighted by atomic mass is 9.68. The van der Waals surface area contributed by atoms with Crippen LogP contribution in [-0.2, 0) is 23.9 Å². The minimum absolute atomic E-state index is 0.0271. The van der Waals surface area contributed by atoms with Gasteiger partial charge in [-0.05, 0) is 51.0 Å². The van der Waals surface area contributed by atoms with Gasteiger partial charge in [-0.25, -0.2) is 0 Å². The highest BCUT2D eigenvalue weighted by molar-refractivity contribution is 5.90. The zero-order valence-corrected chi connectivity index (χ0v) is 18.9. The van der Waals surface area contributed by atoms with E-state index >= 15 is 0 Å². The van der Waals surface area contributed by atoms with E-state index < -0.39 is 5.60 Å². The highest BCUT2D eigenvalue weighted by Crippen LogP contribution is 2.55. The van der Waals surface area contributed by atoms with Gasteiger partial charge in [-0.1, -0.05) is 31.6 Å². The van der Waals surface area contributed by atoms with E-state index in [9.17, 15) is 14.4 Å². The maximum Gasteiger partial charge on any atom is 0.303 e. The molecule has 2 aliphatic rings. The average Bonchev–Trinajstić information content (AvgIpc) is 2.88. The third-order valence-corrected chi connectivity index (χ3v) is 6.47. The maximum absolute atomic E-state index is 12.4. The van der Waals surface area contributed by atoms with Gasteiger partial charge < -0.3 is 9.47 Å². The molecule has 0 aromatic heterocycles. The van der Waals surface area contributed by atoms with Gasteiger partial charge in [0.25, 0.3) is 0 Å². The Hall–Kier alpha value is -1.91. The van der Waals surface area contributed by atoms with E-state index in [1.165, 1.54) is 13.8 Å². The van der Waals surface area contributed by atoms with Crippen LogP contribution in [0.4, 0.5) is 0 Å². The molecule has 0 N–H and O–H groups in total. The molecule has 29 heavy (non-hydrogen) atoms. The predicted octanol–water partition coefficient (Wildman–Crippen LogP) is 4.79. The van der Waals surface area contributed by atoms with Crippen molar-refractivity contribution in [3.05, 3.63) is 23.8 Å². The van der Waals surface area contributed by atoms with Crippen LogP contribution in [0.5, 0.6) is 0 Å². The summed E-state index contributed by atoms with van der Waals surface area (Å²) in [5.74, 6) is -0.412. The Morgan fingerprint density at radius 2 is 1.83 bits per heavy atom. The molecule has 1 fully saturated rings. The van der Waals surface area contributed by atoms with Crippen LogP contribution in [-0.4, -0.2) is 29.4 Å². The van der Waals surface area contributed by atoms with E-state index in [2.05, 4.69) is 19.1 Å². The summed E-state index contributed by atoms with van der Waals surface area (Å²) in [6, 6.07) is 0. The molecule has 0 bridgehead atoms. The van der Waals surface area contributed by atoms with Crippen molar-refractivity contribution in [1.29, 1.82) is 0 Å². The van der Waals surface area contributed by atoms with Crippen LogP contribution < -0.4 is 0 Å². The van der Waals surface area contributed by atoms with Crippen LogP contribution in [0.2, 0.25) is 0 Å². The lowest BCUT2D eigenvalue weighted by Crippen LogP contribution is -2.46. The Morgan fingerprint density at radius 3 is 2.41 bits per heavy atom. The molecule has 0 spiro atoms. The quantitative estimate of drug-likeness (QED) is 0.499. The number of allylic oxidation sites excluding steroid dienone is 3. The Bertz CT molecular complexity index is 717. The van der Waals surface area contributed by atoms with Crippen molar-refractivity contribution in [2.75, 3.05) is 0 Å². The smallest absolute Gasteiger partial charge is 0.303 e. The number of ketones is 1. The molecule has 5 heteroatoms. The summed E-state index contributed by atoms with van der Waals surface area (Å²) in [7, 11) is 0. The molecular formula is C24H36O5. The fourth-order valence-corrected chi connectivity index (χ4v) is 5.31. The van der Waals surface area contributed by atoms with Crippen molar-refractivity contribution in [2.24, 2.45) is 23.2 Å². The fourth-order valence-electron chi connectivity index (χ4n) is 5.31. The summed E-state index contributed by atoms with van der Waals surface area (Å²) in [5, 5.41) is 0. The van der Waals surface area contributed by atoms with Gasteiger partial charge in [0.05, 0.1) is 0 Å². The lowest BCUT2D eigenvalue weighted by Gasteiger charge is -2.42. The largest absolute Gasteiger partial charge is 0.462 e. The number of carbonyl (C=O) groups is 3. The molecule has 2 rings (SSSR count). The number of esters is 2. The van der Waals surface area contributed by atoms with Crippen molar-refractivity contribution in [3.8, 4) is 0 Å². The highest BCUT2D eigenvalue weighted by Gasteiger charge is 2.54. The summed E-state index contributed by atoms with van der Waals surface area (Å²) < 4.78 is 11.6. The number of rotatable bonds is 3. The predicted molar refractivity (Wildman–Crippen MR) is 112 cm³/mol. The van der Waals surface area contributed by atoms with Gasteiger partial charge >= 0.3 is 11.9 Å². The van der Waals surface area contributed by atoms with Crippen molar-refractivity contribution in [2.45, 2.75) is 85.9 Å². The van der Waals surface area contributed by atoms with Crippen LogP contribution in [0.3, 0.4) is 0 Å². The minimum atomic E-state index is -0.681. The zero-order chi connectivity index (χ0) is 22.0. The average molecular weight is 405 g/mol. The molecule has 1 saturated carbocycles. The van der Waals surface area contributed by atoms with Crippen LogP contribution in [0.15, 0.2) is 23.8 Å². The molecule has 0 heterocycles. The van der Waals surface area contributed by atoms with Gasteiger partial charge in [0, 0.05) is 38.5 Å². The molecule has 0 aromatic carbocycles. The van der Waals surface area contributed by atoms with Gasteiger partial charge in [-0.2, -0.15) is 0 Å². The second-order valence-corrected chi connectivity index (χ2v) is 9.72. The van der Waals surface area contributed by atoms with Crippen LogP contribution in [0.1, 0.15) is 74.1 Å². The number of ether oxygens (including phenoxy) is 2. The molecule has 0 saturated heterocycles. The molecule has 0 amide bonds. The molecule has 0 aromatic rings. The molecular weight excluding hydrogens is 368 g/mol. The number of hydrogen-bond donors (Lipinski definition) is 0. The number of fused-ring (bicyclic) bond motifs is 1. The van der Waals surface area contributed by atoms with E-state index in [0.717, 1.165) is 18.4 Å². The van der Waals surface area contributed by atoms with Gasteiger partial charge in [0.1, 0.15) is 11.7 Å². The molecule has 2 aliphatic carbocycles. The van der Waals surface area contributed by atoms with E-state index in [1.54, 1.807) is 6.08 Å². The van der Waals surface area contributed by atoms with E-state index in [0.29, 0.717) is 12.8 Å². The molecule has 5 nitrogen and oxygen atoms in total. The van der Waals surface area contributed by atoms with E-state index in [4.69, 9.17) is 9.47 Å². The van der Waals surface area contributed by atoms with Gasteiger partial charge in [0.2, 0.25) is 0 Å². The Kier molecular flexibility index (Phi) is 7.13. The van der Waals surface area contributed by atoms with Gasteiger partial charge in [-0.3, -0.25) is 14.4 Å².